The molecule has 0 amide bonds. The molecule has 0 aliphatic heterocycles. The largest absolute Gasteiger partial charge is 0.229 e. The van der Waals surface area contributed by atoms with Gasteiger partial charge in [0.05, 0.1) is 11.4 Å². The molecular formula is C18H17N3. The molecule has 0 saturated heterocycles. The van der Waals surface area contributed by atoms with Crippen LogP contribution in [0.1, 0.15) is 17.0 Å². The monoisotopic (exact) mass is 275 g/mol. The van der Waals surface area contributed by atoms with Crippen molar-refractivity contribution in [3.8, 4) is 0 Å². The molecule has 0 radical (unpaired) electrons. The maximum absolute atomic E-state index is 4.79. The zero-order valence-electron chi connectivity index (χ0n) is 12.2. The Bertz CT molecular complexity index is 756. The highest BCUT2D eigenvalue weighted by atomic mass is 15.3. The number of para-hydroxylation sites is 1. The third-order valence-corrected chi connectivity index (χ3v) is 3.23. The number of hydrogen-bond donors (Lipinski definition) is 0. The van der Waals surface area contributed by atoms with Gasteiger partial charge in [-0.1, -0.05) is 48.5 Å². The van der Waals surface area contributed by atoms with E-state index in [2.05, 4.69) is 23.3 Å². The van der Waals surface area contributed by atoms with Crippen LogP contribution in [0.25, 0.3) is 0 Å². The van der Waals surface area contributed by atoms with Gasteiger partial charge in [-0.2, -0.15) is 5.10 Å². The summed E-state index contributed by atoms with van der Waals surface area (Å²) in [6.45, 7) is 4.04. The van der Waals surface area contributed by atoms with E-state index < -0.39 is 0 Å². The zero-order chi connectivity index (χ0) is 14.7. The van der Waals surface area contributed by atoms with Crippen LogP contribution in [0.4, 0.5) is 5.69 Å². The second-order valence-corrected chi connectivity index (χ2v) is 4.98. The van der Waals surface area contributed by atoms with E-state index in [1.165, 1.54) is 0 Å². The maximum atomic E-state index is 4.79. The van der Waals surface area contributed by atoms with Crippen LogP contribution in [0, 0.1) is 13.8 Å². The molecule has 3 nitrogen and oxygen atoms in total. The molecule has 0 fully saturated rings. The van der Waals surface area contributed by atoms with Crippen LogP contribution in [0.2, 0.25) is 0 Å². The summed E-state index contributed by atoms with van der Waals surface area (Å²) in [5.74, 6) is 0.840. The van der Waals surface area contributed by atoms with E-state index in [1.807, 2.05) is 67.1 Å². The number of aromatic nitrogens is 2. The minimum absolute atomic E-state index is 0.840. The van der Waals surface area contributed by atoms with E-state index in [1.54, 1.807) is 0 Å². The van der Waals surface area contributed by atoms with Crippen LogP contribution < -0.4 is 0 Å². The molecule has 0 atom stereocenters. The number of nitrogens with zero attached hydrogens (tertiary/aromatic N) is 3. The van der Waals surface area contributed by atoms with Crippen LogP contribution in [-0.2, 0) is 0 Å². The van der Waals surface area contributed by atoms with Crippen molar-refractivity contribution in [3.63, 3.8) is 0 Å². The lowest BCUT2D eigenvalue weighted by Crippen LogP contribution is -2.16. The van der Waals surface area contributed by atoms with Gasteiger partial charge in [0, 0.05) is 11.3 Å². The van der Waals surface area contributed by atoms with Crippen molar-refractivity contribution in [2.24, 2.45) is 4.99 Å². The smallest absolute Gasteiger partial charge is 0.161 e. The van der Waals surface area contributed by atoms with Crippen LogP contribution in [0.5, 0.6) is 0 Å². The fourth-order valence-corrected chi connectivity index (χ4v) is 2.29. The highest BCUT2D eigenvalue weighted by molar-refractivity contribution is 6.01. The van der Waals surface area contributed by atoms with Gasteiger partial charge in [0.15, 0.2) is 5.84 Å². The predicted octanol–water partition coefficient (Wildman–Crippen LogP) is 4.13. The lowest BCUT2D eigenvalue weighted by molar-refractivity contribution is 0.880. The van der Waals surface area contributed by atoms with Crippen molar-refractivity contribution in [1.29, 1.82) is 0 Å². The van der Waals surface area contributed by atoms with Crippen molar-refractivity contribution in [1.82, 2.24) is 9.78 Å². The quantitative estimate of drug-likeness (QED) is 0.511. The molecule has 0 aliphatic carbocycles. The first kappa shape index (κ1) is 13.3. The molecule has 3 aromatic rings. The van der Waals surface area contributed by atoms with Crippen LogP contribution in [0.3, 0.4) is 0 Å². The van der Waals surface area contributed by atoms with Gasteiger partial charge in [0.25, 0.3) is 0 Å². The summed E-state index contributed by atoms with van der Waals surface area (Å²) in [6.07, 6.45) is 0. The molecule has 3 heteroatoms. The summed E-state index contributed by atoms with van der Waals surface area (Å²) in [4.78, 5) is 4.79. The van der Waals surface area contributed by atoms with Gasteiger partial charge in [0.2, 0.25) is 0 Å². The molecule has 0 spiro atoms. The average molecular weight is 275 g/mol. The minimum atomic E-state index is 0.840. The molecule has 104 valence electrons. The maximum Gasteiger partial charge on any atom is 0.161 e. The molecule has 3 rings (SSSR count). The lowest BCUT2D eigenvalue weighted by Gasteiger charge is -2.09. The third kappa shape index (κ3) is 2.92. The summed E-state index contributed by atoms with van der Waals surface area (Å²) in [7, 11) is 0. The lowest BCUT2D eigenvalue weighted by atomic mass is 10.2. The summed E-state index contributed by atoms with van der Waals surface area (Å²) in [5.41, 5.74) is 4.03. The SMILES string of the molecule is Cc1cc(C)n(C(=Nc2ccccc2)c2ccccc2)n1. The van der Waals surface area contributed by atoms with E-state index in [0.717, 1.165) is 28.5 Å². The van der Waals surface area contributed by atoms with E-state index in [9.17, 15) is 0 Å². The Balaban J connectivity index is 2.17. The zero-order valence-corrected chi connectivity index (χ0v) is 12.2. The topological polar surface area (TPSA) is 30.2 Å². The molecule has 2 aromatic carbocycles. The number of benzene rings is 2. The Hall–Kier alpha value is -2.68. The fraction of sp³-hybridized carbons (Fsp3) is 0.111. The van der Waals surface area contributed by atoms with Crippen LogP contribution in [0.15, 0.2) is 71.7 Å². The number of aryl methyl sites for hydroxylation is 2. The normalized spacial score (nSPS) is 11.6. The second-order valence-electron chi connectivity index (χ2n) is 4.98. The van der Waals surface area contributed by atoms with Crippen LogP contribution in [-0.4, -0.2) is 15.6 Å². The first-order chi connectivity index (χ1) is 10.2. The van der Waals surface area contributed by atoms with E-state index in [4.69, 9.17) is 4.99 Å². The standard InChI is InChI=1S/C18H17N3/c1-14-13-15(2)21(20-14)18(16-9-5-3-6-10-16)19-17-11-7-4-8-12-17/h3-13H,1-2H3. The first-order valence-electron chi connectivity index (χ1n) is 6.97. The summed E-state index contributed by atoms with van der Waals surface area (Å²) in [6, 6.07) is 22.2. The molecule has 21 heavy (non-hydrogen) atoms. The highest BCUT2D eigenvalue weighted by Crippen LogP contribution is 2.15. The van der Waals surface area contributed by atoms with Gasteiger partial charge in [-0.15, -0.1) is 0 Å². The first-order valence-corrected chi connectivity index (χ1v) is 6.97. The Morgan fingerprint density at radius 1 is 0.905 bits per heavy atom. The summed E-state index contributed by atoms with van der Waals surface area (Å²) in [5, 5.41) is 4.57. The van der Waals surface area contributed by atoms with Gasteiger partial charge >= 0.3 is 0 Å². The van der Waals surface area contributed by atoms with Gasteiger partial charge in [-0.3, -0.25) is 0 Å². The van der Waals surface area contributed by atoms with E-state index in [-0.39, 0.29) is 0 Å². The average Bonchev–Trinajstić information content (AvgIpc) is 2.85. The Labute approximate surface area is 124 Å². The summed E-state index contributed by atoms with van der Waals surface area (Å²) >= 11 is 0. The van der Waals surface area contributed by atoms with Gasteiger partial charge in [-0.25, -0.2) is 9.67 Å². The molecule has 0 aliphatic rings. The molecular weight excluding hydrogens is 258 g/mol. The molecule has 1 heterocycles. The molecule has 0 unspecified atom stereocenters. The van der Waals surface area contributed by atoms with Crippen molar-refractivity contribution in [2.75, 3.05) is 0 Å². The molecule has 1 aromatic heterocycles. The van der Waals surface area contributed by atoms with Gasteiger partial charge in [-0.05, 0) is 32.0 Å². The van der Waals surface area contributed by atoms with E-state index >= 15 is 0 Å². The number of hydrogen-bond acceptors (Lipinski definition) is 2. The predicted molar refractivity (Wildman–Crippen MR) is 86.2 cm³/mol. The van der Waals surface area contributed by atoms with Crippen molar-refractivity contribution in [3.05, 3.63) is 83.7 Å². The number of aliphatic imine (C=N–C) groups is 1. The Morgan fingerprint density at radius 2 is 1.52 bits per heavy atom. The minimum Gasteiger partial charge on any atom is -0.229 e. The Morgan fingerprint density at radius 3 is 2.10 bits per heavy atom. The second kappa shape index (κ2) is 5.75. The fourth-order valence-electron chi connectivity index (χ4n) is 2.29. The van der Waals surface area contributed by atoms with Gasteiger partial charge in [0.1, 0.15) is 0 Å². The van der Waals surface area contributed by atoms with Crippen molar-refractivity contribution < 1.29 is 0 Å². The third-order valence-electron chi connectivity index (χ3n) is 3.23. The molecule has 0 N–H and O–H groups in total. The number of rotatable bonds is 2. The van der Waals surface area contributed by atoms with Crippen molar-refractivity contribution >= 4 is 11.5 Å². The van der Waals surface area contributed by atoms with Crippen LogP contribution >= 0.6 is 0 Å². The molecule has 0 saturated carbocycles. The molecule has 0 bridgehead atoms. The van der Waals surface area contributed by atoms with Gasteiger partial charge < -0.3 is 0 Å². The highest BCUT2D eigenvalue weighted by Gasteiger charge is 2.10. The Kier molecular flexibility index (Phi) is 3.65. The van der Waals surface area contributed by atoms with E-state index in [0.29, 0.717) is 0 Å². The van der Waals surface area contributed by atoms with Crippen molar-refractivity contribution in [2.45, 2.75) is 13.8 Å². The summed E-state index contributed by atoms with van der Waals surface area (Å²) < 4.78 is 1.90.